The van der Waals surface area contributed by atoms with Gasteiger partial charge in [-0.15, -0.1) is 11.3 Å². The fourth-order valence-corrected chi connectivity index (χ4v) is 5.90. The predicted molar refractivity (Wildman–Crippen MR) is 127 cm³/mol. The number of aromatic nitrogens is 3. The number of nitrogens with zero attached hydrogens (tertiary/aromatic N) is 5. The number of nitrogens with two attached hydrogens (primary N) is 1. The molecule has 2 aliphatic heterocycles. The molecule has 6 rings (SSSR count). The number of alkyl halides is 1. The Bertz CT molecular complexity index is 1590. The van der Waals surface area contributed by atoms with Crippen LogP contribution in [0.25, 0.3) is 32.2 Å². The van der Waals surface area contributed by atoms with Crippen LogP contribution >= 0.6 is 11.3 Å². The highest BCUT2D eigenvalue weighted by Gasteiger charge is 2.31. The zero-order valence-corrected chi connectivity index (χ0v) is 19.8. The molecule has 2 aliphatic rings. The van der Waals surface area contributed by atoms with Gasteiger partial charge in [-0.2, -0.15) is 10.2 Å². The molecule has 0 bridgehead atoms. The van der Waals surface area contributed by atoms with E-state index in [-0.39, 0.29) is 69.3 Å². The molecule has 1 saturated heterocycles. The lowest BCUT2D eigenvalue weighted by atomic mass is 9.94. The Morgan fingerprint density at radius 2 is 2.08 bits per heavy atom. The lowest BCUT2D eigenvalue weighted by molar-refractivity contribution is 0.135. The zero-order chi connectivity index (χ0) is 25.1. The minimum Gasteiger partial charge on any atom is -0.462 e. The molecule has 4 aromatic rings. The van der Waals surface area contributed by atoms with E-state index in [1.54, 1.807) is 0 Å². The summed E-state index contributed by atoms with van der Waals surface area (Å²) in [6.45, 7) is 0.795. The number of likely N-dealkylation sites (N-methyl/N-ethyl adjacent to an activating group) is 1. The number of benzene rings is 1. The number of ether oxygens (including phenoxy) is 2. The summed E-state index contributed by atoms with van der Waals surface area (Å²) < 4.78 is 55.9. The number of likely N-dealkylation sites (tertiary alicyclic amines) is 1. The Kier molecular flexibility index (Phi) is 5.44. The first-order valence-electron chi connectivity index (χ1n) is 11.2. The third-order valence-electron chi connectivity index (χ3n) is 6.76. The van der Waals surface area contributed by atoms with Crippen molar-refractivity contribution in [2.45, 2.75) is 31.8 Å². The van der Waals surface area contributed by atoms with Gasteiger partial charge in [-0.05, 0) is 24.6 Å². The zero-order valence-electron chi connectivity index (χ0n) is 19.0. The minimum absolute atomic E-state index is 0.0108. The van der Waals surface area contributed by atoms with Crippen molar-refractivity contribution >= 4 is 37.3 Å². The number of nitriles is 1. The molecule has 2 N–H and O–H groups in total. The number of rotatable bonds is 4. The third-order valence-corrected chi connectivity index (χ3v) is 7.79. The molecule has 1 fully saturated rings. The molecule has 36 heavy (non-hydrogen) atoms. The van der Waals surface area contributed by atoms with E-state index < -0.39 is 17.8 Å². The van der Waals surface area contributed by atoms with Gasteiger partial charge < -0.3 is 15.2 Å². The summed E-state index contributed by atoms with van der Waals surface area (Å²) in [5, 5.41) is 10.4. The van der Waals surface area contributed by atoms with Crippen LogP contribution in [0.1, 0.15) is 23.1 Å². The van der Waals surface area contributed by atoms with Crippen LogP contribution in [-0.2, 0) is 18.0 Å². The van der Waals surface area contributed by atoms with E-state index in [0.717, 1.165) is 17.5 Å². The van der Waals surface area contributed by atoms with Gasteiger partial charge in [0.2, 0.25) is 0 Å². The van der Waals surface area contributed by atoms with E-state index in [9.17, 15) is 14.0 Å². The second-order valence-corrected chi connectivity index (χ2v) is 9.96. The number of anilines is 1. The Morgan fingerprint density at radius 3 is 2.83 bits per heavy atom. The maximum Gasteiger partial charge on any atom is 0.317 e. The van der Waals surface area contributed by atoms with Gasteiger partial charge >= 0.3 is 6.01 Å². The SMILES string of the molecule is CN1C[C@@H](F)C[C@H]1COc1ncc2c3c(c(-c4ncc(F)c5sc(N)c(C#N)c45)c(F)c2n1)COC3. The monoisotopic (exact) mass is 512 g/mol. The lowest BCUT2D eigenvalue weighted by Crippen LogP contribution is -2.30. The fraction of sp³-hybridized carbons (Fsp3) is 0.333. The van der Waals surface area contributed by atoms with Crippen molar-refractivity contribution in [3.05, 3.63) is 40.7 Å². The first-order chi connectivity index (χ1) is 17.4. The van der Waals surface area contributed by atoms with Crippen LogP contribution < -0.4 is 10.5 Å². The van der Waals surface area contributed by atoms with Crippen LogP contribution in [0.5, 0.6) is 6.01 Å². The molecule has 0 saturated carbocycles. The van der Waals surface area contributed by atoms with Crippen molar-refractivity contribution in [1.29, 1.82) is 5.26 Å². The average molecular weight is 513 g/mol. The Hall–Kier alpha value is -3.53. The van der Waals surface area contributed by atoms with Crippen LogP contribution in [0.2, 0.25) is 0 Å². The smallest absolute Gasteiger partial charge is 0.317 e. The van der Waals surface area contributed by atoms with Gasteiger partial charge in [-0.25, -0.2) is 18.2 Å². The highest BCUT2D eigenvalue weighted by Crippen LogP contribution is 2.45. The largest absolute Gasteiger partial charge is 0.462 e. The second kappa shape index (κ2) is 8.55. The van der Waals surface area contributed by atoms with Gasteiger partial charge in [0.25, 0.3) is 0 Å². The van der Waals surface area contributed by atoms with Gasteiger partial charge in [0.1, 0.15) is 29.4 Å². The number of fused-ring (bicyclic) bond motifs is 4. The van der Waals surface area contributed by atoms with E-state index in [1.807, 2.05) is 18.0 Å². The second-order valence-electron chi connectivity index (χ2n) is 8.90. The maximum atomic E-state index is 16.2. The molecule has 5 heterocycles. The first kappa shape index (κ1) is 22.9. The molecule has 184 valence electrons. The molecular weight excluding hydrogens is 493 g/mol. The van der Waals surface area contributed by atoms with Crippen LogP contribution in [-0.4, -0.2) is 52.3 Å². The molecule has 0 radical (unpaired) electrons. The van der Waals surface area contributed by atoms with Crippen molar-refractivity contribution in [1.82, 2.24) is 19.9 Å². The Morgan fingerprint density at radius 1 is 1.28 bits per heavy atom. The lowest BCUT2D eigenvalue weighted by Gasteiger charge is -2.18. The molecule has 0 amide bonds. The number of nitrogen functional groups attached to an aromatic ring is 1. The molecule has 0 aliphatic carbocycles. The molecular formula is C24H19F3N6O2S. The Balaban J connectivity index is 1.51. The van der Waals surface area contributed by atoms with Crippen LogP contribution in [0.15, 0.2) is 12.4 Å². The molecule has 8 nitrogen and oxygen atoms in total. The van der Waals surface area contributed by atoms with Gasteiger partial charge in [0.15, 0.2) is 11.6 Å². The number of halogens is 3. The molecule has 3 aromatic heterocycles. The minimum atomic E-state index is -0.923. The quantitative estimate of drug-likeness (QED) is 0.436. The molecule has 1 aromatic carbocycles. The van der Waals surface area contributed by atoms with E-state index in [0.29, 0.717) is 29.5 Å². The van der Waals surface area contributed by atoms with E-state index in [4.69, 9.17) is 15.2 Å². The summed E-state index contributed by atoms with van der Waals surface area (Å²) in [6.07, 6.45) is 1.88. The fourth-order valence-electron chi connectivity index (χ4n) is 4.98. The molecule has 0 spiro atoms. The van der Waals surface area contributed by atoms with Crippen molar-refractivity contribution in [3.63, 3.8) is 0 Å². The topological polar surface area (TPSA) is 110 Å². The first-order valence-corrected chi connectivity index (χ1v) is 12.0. The van der Waals surface area contributed by atoms with E-state index >= 15 is 4.39 Å². The summed E-state index contributed by atoms with van der Waals surface area (Å²) in [4.78, 5) is 14.6. The van der Waals surface area contributed by atoms with E-state index in [1.165, 1.54) is 6.20 Å². The van der Waals surface area contributed by atoms with Gasteiger partial charge in [-0.1, -0.05) is 0 Å². The highest BCUT2D eigenvalue weighted by atomic mass is 32.1. The Labute approximate surface area is 207 Å². The van der Waals surface area contributed by atoms with Crippen molar-refractivity contribution in [3.8, 4) is 23.3 Å². The summed E-state index contributed by atoms with van der Waals surface area (Å²) in [7, 11) is 1.81. The number of pyridine rings is 1. The van der Waals surface area contributed by atoms with Crippen LogP contribution in [0.4, 0.5) is 18.2 Å². The molecule has 2 atom stereocenters. The summed E-state index contributed by atoms with van der Waals surface area (Å²) >= 11 is 0.913. The van der Waals surface area contributed by atoms with Gasteiger partial charge in [-0.3, -0.25) is 9.88 Å². The van der Waals surface area contributed by atoms with Gasteiger partial charge in [0.05, 0.1) is 35.4 Å². The summed E-state index contributed by atoms with van der Waals surface area (Å²) in [5.41, 5.74) is 7.39. The highest BCUT2D eigenvalue weighted by molar-refractivity contribution is 7.23. The van der Waals surface area contributed by atoms with E-state index in [2.05, 4.69) is 15.0 Å². The number of hydrogen-bond acceptors (Lipinski definition) is 9. The summed E-state index contributed by atoms with van der Waals surface area (Å²) in [5.74, 6) is -1.36. The van der Waals surface area contributed by atoms with Crippen molar-refractivity contribution in [2.24, 2.45) is 0 Å². The maximum absolute atomic E-state index is 16.2. The predicted octanol–water partition coefficient (Wildman–Crippen LogP) is 4.09. The molecule has 0 unspecified atom stereocenters. The standard InChI is InChI=1S/C24H19F3N6O2S/c1-33-6-10(25)2-11(33)7-35-24-31-4-13-14-8-34-9-15(14)17(19(27)20(13)32-24)21-18-12(3-28)23(29)36-22(18)16(26)5-30-21/h4-5,10-11H,2,6-9,29H2,1H3/t10-,11-/m0/s1. The normalized spacial score (nSPS) is 19.8. The van der Waals surface area contributed by atoms with Crippen LogP contribution in [0.3, 0.4) is 0 Å². The third kappa shape index (κ3) is 3.46. The molecule has 12 heteroatoms. The number of thiophene rings is 1. The van der Waals surface area contributed by atoms with Gasteiger partial charge in [0, 0.05) is 35.1 Å². The number of hydrogen-bond donors (Lipinski definition) is 1. The summed E-state index contributed by atoms with van der Waals surface area (Å²) in [6, 6.07) is 1.80. The van der Waals surface area contributed by atoms with Crippen LogP contribution in [0, 0.1) is 23.0 Å². The van der Waals surface area contributed by atoms with Crippen molar-refractivity contribution in [2.75, 3.05) is 25.9 Å². The average Bonchev–Trinajstić information content (AvgIpc) is 3.56. The van der Waals surface area contributed by atoms with Crippen molar-refractivity contribution < 1.29 is 22.6 Å².